The molecule has 0 fully saturated rings. The van der Waals surface area contributed by atoms with Crippen molar-refractivity contribution in [2.24, 2.45) is 0 Å². The molecule has 126 valence electrons. The molecule has 0 N–H and O–H groups in total. The lowest BCUT2D eigenvalue weighted by atomic mass is 10.1. The molecule has 7 heteroatoms. The number of methoxy groups -OCH3 is 1. The van der Waals surface area contributed by atoms with Crippen LogP contribution in [-0.4, -0.2) is 26.9 Å². The molecule has 0 aliphatic heterocycles. The lowest BCUT2D eigenvalue weighted by molar-refractivity contribution is 0.303. The van der Waals surface area contributed by atoms with Crippen molar-refractivity contribution in [1.82, 2.24) is 19.8 Å². The van der Waals surface area contributed by atoms with Gasteiger partial charge in [0.1, 0.15) is 18.1 Å². The fourth-order valence-electron chi connectivity index (χ4n) is 2.52. The highest BCUT2D eigenvalue weighted by atomic mass is 32.1. The molecule has 25 heavy (non-hydrogen) atoms. The molecule has 4 aromatic rings. The predicted octanol–water partition coefficient (Wildman–Crippen LogP) is 3.75. The standard InChI is InChI=1S/C18H16N4O2S/c1-12-5-3-4-6-15(12)17-19-20-18-22(17)21-16(25-18)11-24-14-9-7-13(23-2)8-10-14/h3-10H,11H2,1-2H3. The number of aryl methyl sites for hydroxylation is 1. The van der Waals surface area contributed by atoms with Crippen LogP contribution in [0.1, 0.15) is 10.6 Å². The highest BCUT2D eigenvalue weighted by Gasteiger charge is 2.15. The zero-order valence-corrected chi connectivity index (χ0v) is 14.7. The zero-order valence-electron chi connectivity index (χ0n) is 13.8. The van der Waals surface area contributed by atoms with Crippen LogP contribution in [0.15, 0.2) is 48.5 Å². The Morgan fingerprint density at radius 3 is 2.52 bits per heavy atom. The largest absolute Gasteiger partial charge is 0.497 e. The summed E-state index contributed by atoms with van der Waals surface area (Å²) >= 11 is 1.47. The van der Waals surface area contributed by atoms with Crippen LogP contribution in [-0.2, 0) is 6.61 Å². The minimum Gasteiger partial charge on any atom is -0.497 e. The summed E-state index contributed by atoms with van der Waals surface area (Å²) in [7, 11) is 1.64. The Morgan fingerprint density at radius 1 is 1.00 bits per heavy atom. The first kappa shape index (κ1) is 15.6. The second-order valence-corrected chi connectivity index (χ2v) is 6.53. The summed E-state index contributed by atoms with van der Waals surface area (Å²) in [5.41, 5.74) is 2.17. The molecular formula is C18H16N4O2S. The molecule has 0 radical (unpaired) electrons. The van der Waals surface area contributed by atoms with Crippen LogP contribution in [0.4, 0.5) is 0 Å². The molecule has 0 bridgehead atoms. The van der Waals surface area contributed by atoms with E-state index in [-0.39, 0.29) is 0 Å². The van der Waals surface area contributed by atoms with E-state index in [1.165, 1.54) is 11.3 Å². The van der Waals surface area contributed by atoms with Gasteiger partial charge >= 0.3 is 0 Å². The van der Waals surface area contributed by atoms with Gasteiger partial charge in [-0.2, -0.15) is 9.61 Å². The van der Waals surface area contributed by atoms with Gasteiger partial charge in [-0.25, -0.2) is 0 Å². The molecular weight excluding hydrogens is 336 g/mol. The summed E-state index contributed by atoms with van der Waals surface area (Å²) in [6.07, 6.45) is 0. The molecule has 0 amide bonds. The molecule has 6 nitrogen and oxygen atoms in total. The van der Waals surface area contributed by atoms with Crippen LogP contribution in [0.5, 0.6) is 11.5 Å². The first-order chi connectivity index (χ1) is 12.2. The van der Waals surface area contributed by atoms with Crippen LogP contribution in [0.25, 0.3) is 16.3 Å². The highest BCUT2D eigenvalue weighted by molar-refractivity contribution is 7.16. The first-order valence-electron chi connectivity index (χ1n) is 7.78. The molecule has 0 unspecified atom stereocenters. The topological polar surface area (TPSA) is 61.5 Å². The molecule has 0 aliphatic carbocycles. The summed E-state index contributed by atoms with van der Waals surface area (Å²) in [6, 6.07) is 15.6. The van der Waals surface area contributed by atoms with Gasteiger partial charge in [-0.3, -0.25) is 0 Å². The van der Waals surface area contributed by atoms with Gasteiger partial charge in [0.25, 0.3) is 0 Å². The van der Waals surface area contributed by atoms with Crippen molar-refractivity contribution in [3.05, 3.63) is 59.1 Å². The van der Waals surface area contributed by atoms with E-state index in [0.29, 0.717) is 6.61 Å². The molecule has 4 rings (SSSR count). The van der Waals surface area contributed by atoms with Crippen LogP contribution in [0, 0.1) is 6.92 Å². The third kappa shape index (κ3) is 3.06. The predicted molar refractivity (Wildman–Crippen MR) is 96.2 cm³/mol. The van der Waals surface area contributed by atoms with Crippen molar-refractivity contribution in [3.8, 4) is 22.9 Å². The minimum atomic E-state index is 0.383. The monoisotopic (exact) mass is 352 g/mol. The minimum absolute atomic E-state index is 0.383. The first-order valence-corrected chi connectivity index (χ1v) is 8.60. The van der Waals surface area contributed by atoms with Gasteiger partial charge in [0.2, 0.25) is 4.96 Å². The summed E-state index contributed by atoms with van der Waals surface area (Å²) < 4.78 is 12.7. The number of hydrogen-bond donors (Lipinski definition) is 0. The summed E-state index contributed by atoms with van der Waals surface area (Å²) in [6.45, 7) is 2.43. The fraction of sp³-hybridized carbons (Fsp3) is 0.167. The van der Waals surface area contributed by atoms with Gasteiger partial charge in [0.05, 0.1) is 7.11 Å². The average molecular weight is 352 g/mol. The molecule has 0 atom stereocenters. The Kier molecular flexibility index (Phi) is 4.07. The quantitative estimate of drug-likeness (QED) is 0.547. The number of aromatic nitrogens is 4. The van der Waals surface area contributed by atoms with E-state index in [2.05, 4.69) is 28.3 Å². The molecule has 0 aliphatic rings. The number of fused-ring (bicyclic) bond motifs is 1. The van der Waals surface area contributed by atoms with E-state index >= 15 is 0 Å². The zero-order chi connectivity index (χ0) is 17.2. The van der Waals surface area contributed by atoms with E-state index in [0.717, 1.165) is 38.4 Å². The van der Waals surface area contributed by atoms with E-state index in [4.69, 9.17) is 9.47 Å². The van der Waals surface area contributed by atoms with Gasteiger partial charge in [-0.05, 0) is 36.8 Å². The Hall–Kier alpha value is -2.93. The van der Waals surface area contributed by atoms with Crippen molar-refractivity contribution in [2.45, 2.75) is 13.5 Å². The van der Waals surface area contributed by atoms with Gasteiger partial charge in [0, 0.05) is 5.56 Å². The van der Waals surface area contributed by atoms with Gasteiger partial charge in [0.15, 0.2) is 10.8 Å². The Morgan fingerprint density at radius 2 is 1.76 bits per heavy atom. The van der Waals surface area contributed by atoms with Crippen molar-refractivity contribution in [2.75, 3.05) is 7.11 Å². The third-order valence-corrected chi connectivity index (χ3v) is 4.71. The maximum Gasteiger partial charge on any atom is 0.235 e. The van der Waals surface area contributed by atoms with Gasteiger partial charge in [-0.15, -0.1) is 10.2 Å². The van der Waals surface area contributed by atoms with Crippen LogP contribution < -0.4 is 9.47 Å². The molecule has 0 saturated carbocycles. The maximum absolute atomic E-state index is 5.79. The van der Waals surface area contributed by atoms with Crippen molar-refractivity contribution >= 4 is 16.3 Å². The number of hydrogen-bond acceptors (Lipinski definition) is 6. The Labute approximate surface area is 148 Å². The van der Waals surface area contributed by atoms with Crippen molar-refractivity contribution in [3.63, 3.8) is 0 Å². The molecule has 0 spiro atoms. The van der Waals surface area contributed by atoms with Crippen molar-refractivity contribution in [1.29, 1.82) is 0 Å². The van der Waals surface area contributed by atoms with E-state index < -0.39 is 0 Å². The molecule has 2 aromatic carbocycles. The summed E-state index contributed by atoms with van der Waals surface area (Å²) in [5.74, 6) is 2.32. The number of rotatable bonds is 5. The number of ether oxygens (including phenoxy) is 2. The van der Waals surface area contributed by atoms with E-state index in [1.807, 2.05) is 42.5 Å². The number of nitrogens with zero attached hydrogens (tertiary/aromatic N) is 4. The van der Waals surface area contributed by atoms with E-state index in [9.17, 15) is 0 Å². The van der Waals surface area contributed by atoms with E-state index in [1.54, 1.807) is 11.6 Å². The number of benzene rings is 2. The molecule has 2 heterocycles. The second kappa shape index (κ2) is 6.52. The highest BCUT2D eigenvalue weighted by Crippen LogP contribution is 2.25. The third-order valence-electron chi connectivity index (χ3n) is 3.84. The fourth-order valence-corrected chi connectivity index (χ4v) is 3.27. The average Bonchev–Trinajstić information content (AvgIpc) is 3.21. The SMILES string of the molecule is COc1ccc(OCc2nn3c(-c4ccccc4C)nnc3s2)cc1. The maximum atomic E-state index is 5.79. The molecule has 2 aromatic heterocycles. The van der Waals surface area contributed by atoms with Crippen LogP contribution >= 0.6 is 11.3 Å². The second-order valence-electron chi connectivity index (χ2n) is 5.49. The smallest absolute Gasteiger partial charge is 0.235 e. The van der Waals surface area contributed by atoms with Crippen LogP contribution in [0.3, 0.4) is 0 Å². The van der Waals surface area contributed by atoms with Gasteiger partial charge < -0.3 is 9.47 Å². The van der Waals surface area contributed by atoms with Crippen LogP contribution in [0.2, 0.25) is 0 Å². The summed E-state index contributed by atoms with van der Waals surface area (Å²) in [4.78, 5) is 0.756. The Bertz CT molecular complexity index is 1010. The van der Waals surface area contributed by atoms with Gasteiger partial charge in [-0.1, -0.05) is 35.6 Å². The lowest BCUT2D eigenvalue weighted by Crippen LogP contribution is -1.98. The Balaban J connectivity index is 1.56. The molecule has 0 saturated heterocycles. The summed E-state index contributed by atoms with van der Waals surface area (Å²) in [5, 5.41) is 13.9. The van der Waals surface area contributed by atoms with Crippen molar-refractivity contribution < 1.29 is 9.47 Å². The lowest BCUT2D eigenvalue weighted by Gasteiger charge is -2.04. The normalized spacial score (nSPS) is 11.0.